The maximum atomic E-state index is 6.60. The molecule has 0 saturated carbocycles. The highest BCUT2D eigenvalue weighted by atomic mass is 16.3. The summed E-state index contributed by atoms with van der Waals surface area (Å²) in [6.45, 7) is 0. The topological polar surface area (TPSA) is 51.8 Å². The van der Waals surface area contributed by atoms with Crippen molar-refractivity contribution in [2.75, 3.05) is 0 Å². The number of fused-ring (bicyclic) bond motifs is 7. The van der Waals surface area contributed by atoms with Crippen molar-refractivity contribution in [1.29, 1.82) is 0 Å². The molecule has 2 heterocycles. The first-order valence-corrected chi connectivity index (χ1v) is 16.4. The van der Waals surface area contributed by atoms with E-state index >= 15 is 0 Å². The molecule has 0 aliphatic carbocycles. The SMILES string of the molecule is c1ccc(-c2nc(-c3ccc4oc5c(-c6cccc7ccccc67)cccc5c4c3)nc(-c3cc4ccccc4c4ccccc34)n2)cc1. The molecule has 0 fully saturated rings. The van der Waals surface area contributed by atoms with Gasteiger partial charge in [0.2, 0.25) is 0 Å². The standard InChI is InChI=1S/C45H27N3O/c1-2-13-29(14-3-1)43-46-44(48-45(47-43)40-26-30-15-5-7-18-33(30)34-19-8-9-20-36(34)40)31-24-25-41-39(27-31)38-23-11-22-37(42(38)49-41)35-21-10-16-28-12-4-6-17-32(28)35/h1-27H. The number of hydrogen-bond acceptors (Lipinski definition) is 4. The first-order chi connectivity index (χ1) is 24.3. The fourth-order valence-electron chi connectivity index (χ4n) is 7.19. The highest BCUT2D eigenvalue weighted by molar-refractivity contribution is 6.14. The highest BCUT2D eigenvalue weighted by Crippen LogP contribution is 2.40. The Morgan fingerprint density at radius 1 is 0.327 bits per heavy atom. The van der Waals surface area contributed by atoms with Crippen molar-refractivity contribution in [1.82, 2.24) is 15.0 Å². The van der Waals surface area contributed by atoms with Crippen LogP contribution >= 0.6 is 0 Å². The van der Waals surface area contributed by atoms with Crippen molar-refractivity contribution in [2.24, 2.45) is 0 Å². The zero-order chi connectivity index (χ0) is 32.3. The molecule has 0 bridgehead atoms. The first-order valence-electron chi connectivity index (χ1n) is 16.4. The summed E-state index contributed by atoms with van der Waals surface area (Å²) in [6, 6.07) is 56.8. The molecule has 0 amide bonds. The Morgan fingerprint density at radius 3 is 1.80 bits per heavy atom. The van der Waals surface area contributed by atoms with Gasteiger partial charge in [0.15, 0.2) is 17.5 Å². The number of furan rings is 1. The summed E-state index contributed by atoms with van der Waals surface area (Å²) in [5.41, 5.74) is 6.73. The van der Waals surface area contributed by atoms with Crippen LogP contribution in [0.5, 0.6) is 0 Å². The molecule has 0 unspecified atom stereocenters. The van der Waals surface area contributed by atoms with Gasteiger partial charge in [0.1, 0.15) is 11.2 Å². The molecular weight excluding hydrogens is 599 g/mol. The number of nitrogens with zero attached hydrogens (tertiary/aromatic N) is 3. The third-order valence-electron chi connectivity index (χ3n) is 9.51. The summed E-state index contributed by atoms with van der Waals surface area (Å²) in [7, 11) is 0. The summed E-state index contributed by atoms with van der Waals surface area (Å²) >= 11 is 0. The van der Waals surface area contributed by atoms with Gasteiger partial charge in [-0.2, -0.15) is 0 Å². The van der Waals surface area contributed by atoms with Crippen LogP contribution in [0, 0.1) is 0 Å². The summed E-state index contributed by atoms with van der Waals surface area (Å²) < 4.78 is 6.60. The maximum absolute atomic E-state index is 6.60. The Labute approximate surface area is 282 Å². The van der Waals surface area contributed by atoms with Crippen molar-refractivity contribution in [2.45, 2.75) is 0 Å². The molecule has 228 valence electrons. The molecule has 49 heavy (non-hydrogen) atoms. The van der Waals surface area contributed by atoms with E-state index in [1.165, 1.54) is 21.5 Å². The molecule has 0 aliphatic heterocycles. The van der Waals surface area contributed by atoms with Gasteiger partial charge in [-0.05, 0) is 62.1 Å². The van der Waals surface area contributed by atoms with Crippen LogP contribution in [0.25, 0.3) is 99.5 Å². The van der Waals surface area contributed by atoms with Gasteiger partial charge in [-0.15, -0.1) is 0 Å². The van der Waals surface area contributed by atoms with Gasteiger partial charge in [0.05, 0.1) is 0 Å². The smallest absolute Gasteiger partial charge is 0.164 e. The van der Waals surface area contributed by atoms with Crippen LogP contribution in [0.1, 0.15) is 0 Å². The number of aromatic nitrogens is 3. The van der Waals surface area contributed by atoms with E-state index in [1.807, 2.05) is 36.4 Å². The Bertz CT molecular complexity index is 2890. The Hall–Kier alpha value is -6.65. The quantitative estimate of drug-likeness (QED) is 0.183. The van der Waals surface area contributed by atoms with Crippen LogP contribution in [0.15, 0.2) is 168 Å². The second-order valence-corrected chi connectivity index (χ2v) is 12.4. The number of rotatable bonds is 4. The minimum absolute atomic E-state index is 0.613. The van der Waals surface area contributed by atoms with Gasteiger partial charge in [-0.25, -0.2) is 15.0 Å². The lowest BCUT2D eigenvalue weighted by Crippen LogP contribution is -2.00. The van der Waals surface area contributed by atoms with Crippen LogP contribution in [-0.4, -0.2) is 15.0 Å². The molecule has 0 atom stereocenters. The van der Waals surface area contributed by atoms with E-state index in [9.17, 15) is 0 Å². The predicted molar refractivity (Wildman–Crippen MR) is 201 cm³/mol. The van der Waals surface area contributed by atoms with Crippen LogP contribution in [-0.2, 0) is 0 Å². The second kappa shape index (κ2) is 11.0. The summed E-state index contributed by atoms with van der Waals surface area (Å²) in [4.78, 5) is 15.3. The molecule has 4 nitrogen and oxygen atoms in total. The molecule has 10 aromatic rings. The largest absolute Gasteiger partial charge is 0.455 e. The fraction of sp³-hybridized carbons (Fsp3) is 0. The lowest BCUT2D eigenvalue weighted by molar-refractivity contribution is 0.670. The van der Waals surface area contributed by atoms with Gasteiger partial charge >= 0.3 is 0 Å². The molecule has 0 radical (unpaired) electrons. The zero-order valence-corrected chi connectivity index (χ0v) is 26.3. The normalized spacial score (nSPS) is 11.7. The average molecular weight is 626 g/mol. The van der Waals surface area contributed by atoms with Gasteiger partial charge in [0, 0.05) is 33.0 Å². The van der Waals surface area contributed by atoms with E-state index in [2.05, 4.69) is 127 Å². The molecule has 10 rings (SSSR count). The van der Waals surface area contributed by atoms with Gasteiger partial charge in [0.25, 0.3) is 0 Å². The number of hydrogen-bond donors (Lipinski definition) is 0. The molecular formula is C45H27N3O. The highest BCUT2D eigenvalue weighted by Gasteiger charge is 2.18. The average Bonchev–Trinajstić information content (AvgIpc) is 3.56. The summed E-state index contributed by atoms with van der Waals surface area (Å²) in [5, 5.41) is 9.11. The fourth-order valence-corrected chi connectivity index (χ4v) is 7.19. The second-order valence-electron chi connectivity index (χ2n) is 12.4. The van der Waals surface area contributed by atoms with Gasteiger partial charge in [-0.1, -0.05) is 140 Å². The Balaban J connectivity index is 1.19. The first kappa shape index (κ1) is 27.5. The molecule has 4 heteroatoms. The van der Waals surface area contributed by atoms with Gasteiger partial charge in [-0.3, -0.25) is 0 Å². The Morgan fingerprint density at radius 2 is 0.939 bits per heavy atom. The molecule has 0 spiro atoms. The zero-order valence-electron chi connectivity index (χ0n) is 26.3. The Kier molecular flexibility index (Phi) is 6.15. The molecule has 0 N–H and O–H groups in total. The van der Waals surface area contributed by atoms with Crippen molar-refractivity contribution in [3.63, 3.8) is 0 Å². The van der Waals surface area contributed by atoms with Crippen molar-refractivity contribution in [3.8, 4) is 45.3 Å². The molecule has 8 aromatic carbocycles. The van der Waals surface area contributed by atoms with Crippen LogP contribution in [0.2, 0.25) is 0 Å². The number of para-hydroxylation sites is 1. The van der Waals surface area contributed by atoms with E-state index in [4.69, 9.17) is 19.4 Å². The monoisotopic (exact) mass is 625 g/mol. The third-order valence-corrected chi connectivity index (χ3v) is 9.51. The third kappa shape index (κ3) is 4.49. The molecule has 0 aliphatic rings. The van der Waals surface area contributed by atoms with Crippen LogP contribution in [0.3, 0.4) is 0 Å². The predicted octanol–water partition coefficient (Wildman–Crippen LogP) is 11.9. The molecule has 0 saturated heterocycles. The van der Waals surface area contributed by atoms with Crippen LogP contribution in [0.4, 0.5) is 0 Å². The summed E-state index contributed by atoms with van der Waals surface area (Å²) in [5.74, 6) is 1.89. The lowest BCUT2D eigenvalue weighted by atomic mass is 9.96. The van der Waals surface area contributed by atoms with Gasteiger partial charge < -0.3 is 4.42 Å². The van der Waals surface area contributed by atoms with E-state index in [-0.39, 0.29) is 0 Å². The van der Waals surface area contributed by atoms with E-state index in [1.54, 1.807) is 0 Å². The minimum atomic E-state index is 0.613. The summed E-state index contributed by atoms with van der Waals surface area (Å²) in [6.07, 6.45) is 0. The lowest BCUT2D eigenvalue weighted by Gasteiger charge is -2.12. The van der Waals surface area contributed by atoms with E-state index in [0.717, 1.165) is 60.5 Å². The molecule has 2 aromatic heterocycles. The van der Waals surface area contributed by atoms with Crippen molar-refractivity contribution in [3.05, 3.63) is 164 Å². The minimum Gasteiger partial charge on any atom is -0.455 e. The van der Waals surface area contributed by atoms with Crippen molar-refractivity contribution < 1.29 is 4.42 Å². The van der Waals surface area contributed by atoms with Crippen molar-refractivity contribution >= 4 is 54.3 Å². The van der Waals surface area contributed by atoms with E-state index in [0.29, 0.717) is 17.5 Å². The van der Waals surface area contributed by atoms with Crippen LogP contribution < -0.4 is 0 Å². The maximum Gasteiger partial charge on any atom is 0.164 e. The number of benzene rings is 8. The van der Waals surface area contributed by atoms with E-state index < -0.39 is 0 Å².